The number of ether oxygens (including phenoxy) is 1. The Bertz CT molecular complexity index is 587. The lowest BCUT2D eigenvalue weighted by Crippen LogP contribution is -2.47. The van der Waals surface area contributed by atoms with Gasteiger partial charge in [0.25, 0.3) is 0 Å². The van der Waals surface area contributed by atoms with Crippen LogP contribution in [-0.2, 0) is 0 Å². The van der Waals surface area contributed by atoms with Gasteiger partial charge in [-0.05, 0) is 38.3 Å². The predicted molar refractivity (Wildman–Crippen MR) is 110 cm³/mol. The molecule has 3 unspecified atom stereocenters. The number of nitrogens with zero attached hydrogens (tertiary/aromatic N) is 2. The summed E-state index contributed by atoms with van der Waals surface area (Å²) in [5, 5.41) is 7.05. The summed E-state index contributed by atoms with van der Waals surface area (Å²) in [4.78, 5) is 7.38. The Morgan fingerprint density at radius 1 is 1.27 bits per heavy atom. The number of hydrogen-bond donors (Lipinski definition) is 2. The summed E-state index contributed by atoms with van der Waals surface area (Å²) in [5.74, 6) is 2.77. The zero-order valence-corrected chi connectivity index (χ0v) is 17.2. The van der Waals surface area contributed by atoms with Crippen LogP contribution in [-0.4, -0.2) is 56.2 Å². The average Bonchev–Trinajstić information content (AvgIpc) is 3.00. The van der Waals surface area contributed by atoms with Crippen LogP contribution in [0.2, 0.25) is 0 Å². The van der Waals surface area contributed by atoms with Crippen molar-refractivity contribution in [3.8, 4) is 5.75 Å². The van der Waals surface area contributed by atoms with Crippen molar-refractivity contribution in [2.75, 3.05) is 33.3 Å². The molecule has 0 amide bonds. The summed E-state index contributed by atoms with van der Waals surface area (Å²) in [6.07, 6.45) is 0. The third-order valence-electron chi connectivity index (χ3n) is 5.23. The molecule has 0 aliphatic carbocycles. The lowest BCUT2D eigenvalue weighted by molar-refractivity contribution is 0.265. The molecule has 1 aliphatic heterocycles. The summed E-state index contributed by atoms with van der Waals surface area (Å²) >= 11 is 0. The fourth-order valence-electron chi connectivity index (χ4n) is 3.51. The lowest BCUT2D eigenvalue weighted by atomic mass is 10.0. The number of hydrogen-bond acceptors (Lipinski definition) is 3. The number of likely N-dealkylation sites (tertiary alicyclic amines) is 1. The highest BCUT2D eigenvalue weighted by atomic mass is 16.5. The Kier molecular flexibility index (Phi) is 7.76. The number of methoxy groups -OCH3 is 1. The minimum Gasteiger partial charge on any atom is -0.496 e. The second kappa shape index (κ2) is 9.81. The van der Waals surface area contributed by atoms with Crippen LogP contribution in [0.1, 0.15) is 46.1 Å². The van der Waals surface area contributed by atoms with Crippen LogP contribution in [0, 0.1) is 5.92 Å². The van der Waals surface area contributed by atoms with Gasteiger partial charge in [0.15, 0.2) is 5.96 Å². The van der Waals surface area contributed by atoms with Crippen molar-refractivity contribution in [2.45, 2.75) is 52.6 Å². The van der Waals surface area contributed by atoms with E-state index in [1.54, 1.807) is 7.11 Å². The van der Waals surface area contributed by atoms with E-state index in [-0.39, 0.29) is 0 Å². The van der Waals surface area contributed by atoms with Gasteiger partial charge >= 0.3 is 0 Å². The number of benzene rings is 1. The molecule has 1 aromatic rings. The van der Waals surface area contributed by atoms with Crippen molar-refractivity contribution in [2.24, 2.45) is 10.9 Å². The molecule has 0 spiro atoms. The summed E-state index contributed by atoms with van der Waals surface area (Å²) in [5.41, 5.74) is 1.20. The highest BCUT2D eigenvalue weighted by Crippen LogP contribution is 2.26. The van der Waals surface area contributed by atoms with E-state index in [1.807, 2.05) is 12.1 Å². The molecule has 0 bridgehead atoms. The topological polar surface area (TPSA) is 48.9 Å². The zero-order chi connectivity index (χ0) is 19.1. The molecule has 1 heterocycles. The molecule has 0 aromatic heterocycles. The van der Waals surface area contributed by atoms with Crippen LogP contribution in [0.25, 0.3) is 0 Å². The van der Waals surface area contributed by atoms with E-state index in [1.165, 1.54) is 5.56 Å². The third-order valence-corrected chi connectivity index (χ3v) is 5.23. The Morgan fingerprint density at radius 3 is 2.62 bits per heavy atom. The number of nitrogens with one attached hydrogen (secondary N) is 2. The molecule has 5 heteroatoms. The summed E-state index contributed by atoms with van der Waals surface area (Å²) in [6, 6.07) is 9.23. The fraction of sp³-hybridized carbons (Fsp3) is 0.667. The van der Waals surface area contributed by atoms with Crippen LogP contribution < -0.4 is 15.4 Å². The van der Waals surface area contributed by atoms with E-state index in [2.05, 4.69) is 62.3 Å². The quantitative estimate of drug-likeness (QED) is 0.579. The van der Waals surface area contributed by atoms with Gasteiger partial charge in [0.2, 0.25) is 0 Å². The largest absolute Gasteiger partial charge is 0.496 e. The fourth-order valence-corrected chi connectivity index (χ4v) is 3.51. The number of aliphatic imine (C=N–C) groups is 1. The molecule has 1 saturated heterocycles. The molecular weight excluding hydrogens is 324 g/mol. The van der Waals surface area contributed by atoms with Gasteiger partial charge in [0.1, 0.15) is 5.75 Å². The molecular formula is C21H36N4O. The van der Waals surface area contributed by atoms with E-state index in [9.17, 15) is 0 Å². The predicted octanol–water partition coefficient (Wildman–Crippen LogP) is 3.08. The number of para-hydroxylation sites is 1. The first-order valence-electron chi connectivity index (χ1n) is 9.88. The molecule has 26 heavy (non-hydrogen) atoms. The highest BCUT2D eigenvalue weighted by molar-refractivity contribution is 5.80. The summed E-state index contributed by atoms with van der Waals surface area (Å²) in [6.45, 7) is 15.0. The zero-order valence-electron chi connectivity index (χ0n) is 17.2. The van der Waals surface area contributed by atoms with Gasteiger partial charge in [-0.2, -0.15) is 0 Å². The van der Waals surface area contributed by atoms with Crippen molar-refractivity contribution in [1.82, 2.24) is 15.5 Å². The first-order chi connectivity index (χ1) is 12.5. The third kappa shape index (κ3) is 5.37. The highest BCUT2D eigenvalue weighted by Gasteiger charge is 2.31. The van der Waals surface area contributed by atoms with Crippen molar-refractivity contribution in [1.29, 1.82) is 0 Å². The molecule has 0 radical (unpaired) electrons. The minimum atomic E-state index is 0.301. The van der Waals surface area contributed by atoms with E-state index in [0.29, 0.717) is 23.9 Å². The molecule has 1 aromatic carbocycles. The molecule has 1 fully saturated rings. The Morgan fingerprint density at radius 2 is 2.00 bits per heavy atom. The van der Waals surface area contributed by atoms with Gasteiger partial charge in [-0.3, -0.25) is 9.89 Å². The maximum absolute atomic E-state index is 5.49. The van der Waals surface area contributed by atoms with Crippen LogP contribution in [0.4, 0.5) is 0 Å². The molecule has 0 saturated carbocycles. The van der Waals surface area contributed by atoms with Gasteiger partial charge in [-0.1, -0.05) is 32.0 Å². The van der Waals surface area contributed by atoms with E-state index < -0.39 is 0 Å². The van der Waals surface area contributed by atoms with Gasteiger partial charge in [0, 0.05) is 44.2 Å². The lowest BCUT2D eigenvalue weighted by Gasteiger charge is -2.22. The number of rotatable bonds is 7. The monoisotopic (exact) mass is 360 g/mol. The molecule has 3 atom stereocenters. The second-order valence-electron chi connectivity index (χ2n) is 7.64. The van der Waals surface area contributed by atoms with Crippen molar-refractivity contribution >= 4 is 5.96 Å². The first-order valence-corrected chi connectivity index (χ1v) is 9.88. The van der Waals surface area contributed by atoms with Crippen LogP contribution in [0.15, 0.2) is 29.3 Å². The summed E-state index contributed by atoms with van der Waals surface area (Å²) in [7, 11) is 1.72. The maximum atomic E-state index is 5.49. The van der Waals surface area contributed by atoms with Crippen molar-refractivity contribution < 1.29 is 4.74 Å². The molecule has 2 N–H and O–H groups in total. The van der Waals surface area contributed by atoms with Crippen molar-refractivity contribution in [3.05, 3.63) is 29.8 Å². The van der Waals surface area contributed by atoms with E-state index in [0.717, 1.165) is 37.9 Å². The Labute approximate surface area is 159 Å². The normalized spacial score (nSPS) is 22.5. The van der Waals surface area contributed by atoms with Gasteiger partial charge in [0.05, 0.1) is 7.11 Å². The Hall–Kier alpha value is -1.75. The van der Waals surface area contributed by atoms with Gasteiger partial charge < -0.3 is 15.4 Å². The van der Waals surface area contributed by atoms with Gasteiger partial charge in [-0.25, -0.2) is 0 Å². The molecule has 1 aliphatic rings. The van der Waals surface area contributed by atoms with Crippen LogP contribution >= 0.6 is 0 Å². The number of guanidine groups is 1. The molecule has 2 rings (SSSR count). The van der Waals surface area contributed by atoms with E-state index in [4.69, 9.17) is 9.73 Å². The minimum absolute atomic E-state index is 0.301. The van der Waals surface area contributed by atoms with Crippen LogP contribution in [0.5, 0.6) is 5.75 Å². The van der Waals surface area contributed by atoms with Gasteiger partial charge in [-0.15, -0.1) is 0 Å². The van der Waals surface area contributed by atoms with Crippen LogP contribution in [0.3, 0.4) is 0 Å². The second-order valence-corrected chi connectivity index (χ2v) is 7.64. The average molecular weight is 361 g/mol. The maximum Gasteiger partial charge on any atom is 0.191 e. The standard InChI is InChI=1S/C21H36N4O/c1-7-22-21(24-19-14-25(15(2)3)13-17(19)5)23-12-16(4)18-10-8-9-11-20(18)26-6/h8-11,15-17,19H,7,12-14H2,1-6H3,(H2,22,23,24). The Balaban J connectivity index is 2.02. The molecule has 5 nitrogen and oxygen atoms in total. The summed E-state index contributed by atoms with van der Waals surface area (Å²) < 4.78 is 5.49. The molecule has 146 valence electrons. The van der Waals surface area contributed by atoms with Crippen molar-refractivity contribution in [3.63, 3.8) is 0 Å². The SMILES string of the molecule is CCNC(=NCC(C)c1ccccc1OC)NC1CN(C(C)C)CC1C. The first kappa shape index (κ1) is 20.6. The van der Waals surface area contributed by atoms with E-state index >= 15 is 0 Å². The smallest absolute Gasteiger partial charge is 0.191 e.